The second-order valence-corrected chi connectivity index (χ2v) is 3.52. The minimum Gasteiger partial charge on any atom is -0.299 e. The summed E-state index contributed by atoms with van der Waals surface area (Å²) in [6.45, 7) is 7.26. The van der Waals surface area contributed by atoms with Crippen LogP contribution in [0.15, 0.2) is 4.99 Å². The minimum atomic E-state index is 0.236. The summed E-state index contributed by atoms with van der Waals surface area (Å²) >= 11 is 0. The number of hydrogen-bond donors (Lipinski definition) is 0. The van der Waals surface area contributed by atoms with Crippen molar-refractivity contribution >= 4 is 6.21 Å². The highest BCUT2D eigenvalue weighted by Crippen LogP contribution is 2.11. The Morgan fingerprint density at radius 2 is 2.07 bits per heavy atom. The van der Waals surface area contributed by atoms with Crippen molar-refractivity contribution in [3.8, 4) is 0 Å². The van der Waals surface area contributed by atoms with Crippen LogP contribution in [0, 0.1) is 0 Å². The largest absolute Gasteiger partial charge is 0.299 e. The summed E-state index contributed by atoms with van der Waals surface area (Å²) in [5, 5.41) is 1.91. The SMILES string of the molecule is CCCN(CCC)[C@H]1C=NCN1OC. The fourth-order valence-corrected chi connectivity index (χ4v) is 1.77. The van der Waals surface area contributed by atoms with Gasteiger partial charge in [0.25, 0.3) is 0 Å². The van der Waals surface area contributed by atoms with Gasteiger partial charge in [-0.05, 0) is 25.9 Å². The Morgan fingerprint density at radius 1 is 1.43 bits per heavy atom. The van der Waals surface area contributed by atoms with Crippen LogP contribution in [0.2, 0.25) is 0 Å². The molecule has 0 N–H and O–H groups in total. The fraction of sp³-hybridized carbons (Fsp3) is 0.900. The molecule has 0 fully saturated rings. The van der Waals surface area contributed by atoms with Gasteiger partial charge >= 0.3 is 0 Å². The Morgan fingerprint density at radius 3 is 2.57 bits per heavy atom. The van der Waals surface area contributed by atoms with E-state index in [4.69, 9.17) is 4.84 Å². The Bertz CT molecular complexity index is 178. The summed E-state index contributed by atoms with van der Waals surface area (Å²) in [5.74, 6) is 0. The Balaban J connectivity index is 2.52. The number of aliphatic imine (C=N–C) groups is 1. The van der Waals surface area contributed by atoms with Crippen LogP contribution in [0.1, 0.15) is 26.7 Å². The lowest BCUT2D eigenvalue weighted by atomic mass is 10.3. The Kier molecular flexibility index (Phi) is 5.07. The maximum atomic E-state index is 5.26. The fourth-order valence-electron chi connectivity index (χ4n) is 1.77. The molecule has 4 nitrogen and oxygen atoms in total. The highest BCUT2D eigenvalue weighted by atomic mass is 16.7. The first-order chi connectivity index (χ1) is 6.83. The summed E-state index contributed by atoms with van der Waals surface area (Å²) in [4.78, 5) is 11.9. The number of rotatable bonds is 6. The molecule has 0 saturated carbocycles. The lowest BCUT2D eigenvalue weighted by Crippen LogP contribution is -2.46. The maximum Gasteiger partial charge on any atom is 0.124 e. The standard InChI is InChI=1S/C10H21N3O/c1-4-6-12(7-5-2)10-8-11-9-13(10)14-3/h8,10H,4-7,9H2,1-3H3/t10-/m1/s1. The van der Waals surface area contributed by atoms with E-state index in [1.165, 1.54) is 12.8 Å². The minimum absolute atomic E-state index is 0.236. The summed E-state index contributed by atoms with van der Waals surface area (Å²) < 4.78 is 0. The number of hydroxylamine groups is 2. The maximum absolute atomic E-state index is 5.26. The predicted octanol–water partition coefficient (Wildman–Crippen LogP) is 1.34. The van der Waals surface area contributed by atoms with Crippen LogP contribution in [0.4, 0.5) is 0 Å². The molecule has 0 aromatic carbocycles. The monoisotopic (exact) mass is 199 g/mol. The van der Waals surface area contributed by atoms with E-state index in [1.807, 2.05) is 11.3 Å². The average Bonchev–Trinajstić information content (AvgIpc) is 2.65. The molecule has 1 heterocycles. The topological polar surface area (TPSA) is 28.1 Å². The van der Waals surface area contributed by atoms with Crippen molar-refractivity contribution in [2.24, 2.45) is 4.99 Å². The van der Waals surface area contributed by atoms with Crippen LogP contribution in [-0.4, -0.2) is 49.2 Å². The molecule has 1 aliphatic rings. The van der Waals surface area contributed by atoms with Crippen molar-refractivity contribution in [2.75, 3.05) is 26.9 Å². The van der Waals surface area contributed by atoms with Gasteiger partial charge in [0.2, 0.25) is 0 Å². The third kappa shape index (κ3) is 2.77. The van der Waals surface area contributed by atoms with E-state index in [0.29, 0.717) is 6.67 Å². The van der Waals surface area contributed by atoms with E-state index in [1.54, 1.807) is 7.11 Å². The molecule has 0 radical (unpaired) electrons. The van der Waals surface area contributed by atoms with Crippen LogP contribution < -0.4 is 0 Å². The van der Waals surface area contributed by atoms with Crippen molar-refractivity contribution in [1.29, 1.82) is 0 Å². The first kappa shape index (κ1) is 11.6. The van der Waals surface area contributed by atoms with Gasteiger partial charge in [0.1, 0.15) is 12.8 Å². The number of nitrogens with zero attached hydrogens (tertiary/aromatic N) is 3. The van der Waals surface area contributed by atoms with Gasteiger partial charge in [0.05, 0.1) is 7.11 Å². The quantitative estimate of drug-likeness (QED) is 0.646. The molecule has 14 heavy (non-hydrogen) atoms. The Labute approximate surface area is 86.5 Å². The highest BCUT2D eigenvalue weighted by Gasteiger charge is 2.26. The molecule has 0 bridgehead atoms. The van der Waals surface area contributed by atoms with E-state index in [-0.39, 0.29) is 6.17 Å². The normalized spacial score (nSPS) is 22.4. The molecular formula is C10H21N3O. The van der Waals surface area contributed by atoms with Crippen LogP contribution >= 0.6 is 0 Å². The van der Waals surface area contributed by atoms with E-state index in [2.05, 4.69) is 23.7 Å². The molecule has 0 amide bonds. The van der Waals surface area contributed by atoms with E-state index in [0.717, 1.165) is 13.1 Å². The summed E-state index contributed by atoms with van der Waals surface area (Å²) in [5.41, 5.74) is 0. The highest BCUT2D eigenvalue weighted by molar-refractivity contribution is 5.65. The molecular weight excluding hydrogens is 178 g/mol. The van der Waals surface area contributed by atoms with Crippen LogP contribution in [-0.2, 0) is 4.84 Å². The van der Waals surface area contributed by atoms with Gasteiger partial charge in [-0.25, -0.2) is 0 Å². The zero-order valence-electron chi connectivity index (χ0n) is 9.44. The van der Waals surface area contributed by atoms with Crippen molar-refractivity contribution in [3.05, 3.63) is 0 Å². The zero-order chi connectivity index (χ0) is 10.4. The van der Waals surface area contributed by atoms with Gasteiger partial charge in [-0.15, -0.1) is 5.06 Å². The van der Waals surface area contributed by atoms with Crippen molar-refractivity contribution < 1.29 is 4.84 Å². The van der Waals surface area contributed by atoms with E-state index >= 15 is 0 Å². The van der Waals surface area contributed by atoms with Gasteiger partial charge < -0.3 is 0 Å². The van der Waals surface area contributed by atoms with Gasteiger partial charge in [-0.3, -0.25) is 14.7 Å². The molecule has 1 rings (SSSR count). The lowest BCUT2D eigenvalue weighted by Gasteiger charge is -2.31. The van der Waals surface area contributed by atoms with Crippen LogP contribution in [0.3, 0.4) is 0 Å². The van der Waals surface area contributed by atoms with Gasteiger partial charge in [-0.2, -0.15) is 0 Å². The summed E-state index contributed by atoms with van der Waals surface area (Å²) in [6.07, 6.45) is 4.55. The Hall–Kier alpha value is -0.450. The van der Waals surface area contributed by atoms with E-state index in [9.17, 15) is 0 Å². The summed E-state index contributed by atoms with van der Waals surface area (Å²) in [6, 6.07) is 0. The first-order valence-electron chi connectivity index (χ1n) is 5.38. The van der Waals surface area contributed by atoms with Gasteiger partial charge in [-0.1, -0.05) is 13.8 Å². The van der Waals surface area contributed by atoms with Crippen LogP contribution in [0.25, 0.3) is 0 Å². The zero-order valence-corrected chi connectivity index (χ0v) is 9.44. The first-order valence-corrected chi connectivity index (χ1v) is 5.38. The molecule has 0 spiro atoms. The third-order valence-corrected chi connectivity index (χ3v) is 2.39. The third-order valence-electron chi connectivity index (χ3n) is 2.39. The second-order valence-electron chi connectivity index (χ2n) is 3.52. The average molecular weight is 199 g/mol. The second kappa shape index (κ2) is 6.11. The summed E-state index contributed by atoms with van der Waals surface area (Å²) in [7, 11) is 1.71. The molecule has 82 valence electrons. The molecule has 0 aromatic rings. The molecule has 0 unspecified atom stereocenters. The molecule has 1 aliphatic heterocycles. The number of hydrogen-bond acceptors (Lipinski definition) is 4. The van der Waals surface area contributed by atoms with Crippen molar-refractivity contribution in [1.82, 2.24) is 9.96 Å². The molecule has 0 aromatic heterocycles. The van der Waals surface area contributed by atoms with Crippen molar-refractivity contribution in [2.45, 2.75) is 32.9 Å². The smallest absolute Gasteiger partial charge is 0.124 e. The van der Waals surface area contributed by atoms with Gasteiger partial charge in [0, 0.05) is 6.21 Å². The predicted molar refractivity (Wildman–Crippen MR) is 58.2 cm³/mol. The molecule has 4 heteroatoms. The van der Waals surface area contributed by atoms with E-state index < -0.39 is 0 Å². The lowest BCUT2D eigenvalue weighted by molar-refractivity contribution is -0.167. The molecule has 1 atom stereocenters. The van der Waals surface area contributed by atoms with Crippen LogP contribution in [0.5, 0.6) is 0 Å². The molecule has 0 saturated heterocycles. The molecule has 0 aliphatic carbocycles. The van der Waals surface area contributed by atoms with Gasteiger partial charge in [0.15, 0.2) is 0 Å². The van der Waals surface area contributed by atoms with Crippen molar-refractivity contribution in [3.63, 3.8) is 0 Å².